The van der Waals surface area contributed by atoms with E-state index in [2.05, 4.69) is 20.8 Å². The van der Waals surface area contributed by atoms with Crippen molar-refractivity contribution in [3.05, 3.63) is 39.9 Å². The van der Waals surface area contributed by atoms with E-state index in [4.69, 9.17) is 4.74 Å². The Hall–Kier alpha value is -1.95. The van der Waals surface area contributed by atoms with Gasteiger partial charge < -0.3 is 9.64 Å². The van der Waals surface area contributed by atoms with Crippen molar-refractivity contribution in [1.82, 2.24) is 4.90 Å². The first-order valence-electron chi connectivity index (χ1n) is 8.02. The molecule has 3 saturated heterocycles. The molecule has 1 aromatic carbocycles. The van der Waals surface area contributed by atoms with E-state index in [1.54, 1.807) is 12.1 Å². The lowest BCUT2D eigenvalue weighted by Crippen LogP contribution is -2.58. The summed E-state index contributed by atoms with van der Waals surface area (Å²) in [5.74, 6) is 0.311. The Balaban J connectivity index is 1.61. The molecule has 122 valence electrons. The normalized spacial score (nSPS) is 36.5. The summed E-state index contributed by atoms with van der Waals surface area (Å²) < 4.78 is 6.30. The van der Waals surface area contributed by atoms with Crippen molar-refractivity contribution in [1.29, 1.82) is 0 Å². The number of carbonyl (C=O) groups is 1. The van der Waals surface area contributed by atoms with Gasteiger partial charge in [0, 0.05) is 23.6 Å². The number of nitrogens with zero attached hydrogens (tertiary/aromatic N) is 2. The molecule has 0 radical (unpaired) electrons. The maximum Gasteiger partial charge on any atom is 0.269 e. The summed E-state index contributed by atoms with van der Waals surface area (Å²) in [5, 5.41) is 10.7. The van der Waals surface area contributed by atoms with Crippen molar-refractivity contribution in [3.8, 4) is 0 Å². The van der Waals surface area contributed by atoms with Crippen LogP contribution in [0, 0.1) is 16.0 Å². The van der Waals surface area contributed by atoms with Gasteiger partial charge in [-0.2, -0.15) is 0 Å². The summed E-state index contributed by atoms with van der Waals surface area (Å²) in [6, 6.07) is 6.23. The first-order chi connectivity index (χ1) is 10.7. The van der Waals surface area contributed by atoms with E-state index >= 15 is 0 Å². The minimum absolute atomic E-state index is 0.00117. The number of benzene rings is 1. The number of fused-ring (bicyclic) bond motifs is 2. The minimum Gasteiger partial charge on any atom is -0.367 e. The van der Waals surface area contributed by atoms with Crippen molar-refractivity contribution < 1.29 is 14.5 Å². The highest BCUT2D eigenvalue weighted by atomic mass is 16.6. The van der Waals surface area contributed by atoms with Crippen LogP contribution in [0.5, 0.6) is 0 Å². The number of likely N-dealkylation sites (tertiary alicyclic amines) is 1. The Kier molecular flexibility index (Phi) is 2.75. The Labute approximate surface area is 134 Å². The molecule has 1 aromatic rings. The zero-order chi connectivity index (χ0) is 16.6. The molecular weight excluding hydrogens is 296 g/mol. The topological polar surface area (TPSA) is 72.5 Å². The second kappa shape index (κ2) is 4.32. The van der Waals surface area contributed by atoms with Gasteiger partial charge >= 0.3 is 0 Å². The lowest BCUT2D eigenvalue weighted by molar-refractivity contribution is -0.384. The fraction of sp³-hybridized carbons (Fsp3) is 0.588. The molecule has 6 heteroatoms. The highest BCUT2D eigenvalue weighted by Gasteiger charge is 2.72. The summed E-state index contributed by atoms with van der Waals surface area (Å²) >= 11 is 0. The van der Waals surface area contributed by atoms with Gasteiger partial charge in [-0.15, -0.1) is 0 Å². The number of hydrogen-bond acceptors (Lipinski definition) is 4. The fourth-order valence-electron chi connectivity index (χ4n) is 4.76. The predicted molar refractivity (Wildman–Crippen MR) is 83.1 cm³/mol. The third-order valence-electron chi connectivity index (χ3n) is 5.79. The highest BCUT2D eigenvalue weighted by molar-refractivity contribution is 5.97. The van der Waals surface area contributed by atoms with Gasteiger partial charge in [-0.3, -0.25) is 14.9 Å². The summed E-state index contributed by atoms with van der Waals surface area (Å²) in [6.45, 7) is 6.32. The minimum atomic E-state index is -0.455. The molecule has 0 spiro atoms. The van der Waals surface area contributed by atoms with Crippen molar-refractivity contribution in [2.45, 2.75) is 56.9 Å². The molecule has 6 nitrogen and oxygen atoms in total. The van der Waals surface area contributed by atoms with Gasteiger partial charge in [-0.1, -0.05) is 0 Å². The number of nitro groups is 1. The molecule has 3 heterocycles. The van der Waals surface area contributed by atoms with Crippen LogP contribution >= 0.6 is 0 Å². The molecule has 4 unspecified atom stereocenters. The molecule has 0 N–H and O–H groups in total. The number of rotatable bonds is 2. The summed E-state index contributed by atoms with van der Waals surface area (Å²) in [5.41, 5.74) is 0.0185. The van der Waals surface area contributed by atoms with E-state index in [-0.39, 0.29) is 34.9 Å². The van der Waals surface area contributed by atoms with Crippen LogP contribution in [0.1, 0.15) is 44.0 Å². The van der Waals surface area contributed by atoms with Crippen LogP contribution < -0.4 is 0 Å². The van der Waals surface area contributed by atoms with E-state index in [1.165, 1.54) is 12.1 Å². The van der Waals surface area contributed by atoms with Crippen molar-refractivity contribution in [3.63, 3.8) is 0 Å². The van der Waals surface area contributed by atoms with Crippen molar-refractivity contribution in [2.75, 3.05) is 0 Å². The van der Waals surface area contributed by atoms with Crippen LogP contribution in [-0.2, 0) is 4.74 Å². The predicted octanol–water partition coefficient (Wildman–Crippen LogP) is 2.77. The Morgan fingerprint density at radius 3 is 2.52 bits per heavy atom. The van der Waals surface area contributed by atoms with Crippen LogP contribution in [0.4, 0.5) is 5.69 Å². The Bertz CT molecular complexity index is 699. The summed E-state index contributed by atoms with van der Waals surface area (Å²) in [4.78, 5) is 25.0. The monoisotopic (exact) mass is 316 g/mol. The first-order valence-corrected chi connectivity index (χ1v) is 8.02. The average Bonchev–Trinajstić information content (AvgIpc) is 3.22. The maximum atomic E-state index is 12.8. The van der Waals surface area contributed by atoms with Crippen molar-refractivity contribution >= 4 is 11.6 Å². The van der Waals surface area contributed by atoms with Gasteiger partial charge in [0.05, 0.1) is 28.2 Å². The van der Waals surface area contributed by atoms with Gasteiger partial charge in [-0.05, 0) is 45.7 Å². The third kappa shape index (κ3) is 1.94. The third-order valence-corrected chi connectivity index (χ3v) is 5.79. The van der Waals surface area contributed by atoms with Crippen LogP contribution in [0.25, 0.3) is 0 Å². The molecule has 1 amide bonds. The van der Waals surface area contributed by atoms with Crippen LogP contribution in [-0.4, -0.2) is 39.0 Å². The molecule has 1 aliphatic carbocycles. The zero-order valence-electron chi connectivity index (χ0n) is 13.5. The average molecular weight is 316 g/mol. The summed E-state index contributed by atoms with van der Waals surface area (Å²) in [7, 11) is 0. The quantitative estimate of drug-likeness (QED) is 0.478. The van der Waals surface area contributed by atoms with Crippen LogP contribution in [0.3, 0.4) is 0 Å². The van der Waals surface area contributed by atoms with Crippen LogP contribution in [0.2, 0.25) is 0 Å². The SMILES string of the molecule is CC1(C)OC2(C)CCC1C1C2N1C(=O)c1ccc([N+](=O)[O-])cc1. The van der Waals surface area contributed by atoms with Gasteiger partial charge in [0.15, 0.2) is 0 Å². The number of carbonyl (C=O) groups excluding carboxylic acids is 1. The van der Waals surface area contributed by atoms with Gasteiger partial charge in [-0.25, -0.2) is 0 Å². The second-order valence-electron chi connectivity index (χ2n) is 7.62. The maximum absolute atomic E-state index is 12.8. The Morgan fingerprint density at radius 2 is 1.96 bits per heavy atom. The molecule has 5 rings (SSSR count). The number of amides is 1. The summed E-state index contributed by atoms with van der Waals surface area (Å²) in [6.07, 6.45) is 2.06. The lowest BCUT2D eigenvalue weighted by atomic mass is 9.69. The smallest absolute Gasteiger partial charge is 0.269 e. The van der Waals surface area contributed by atoms with Gasteiger partial charge in [0.25, 0.3) is 11.6 Å². The largest absolute Gasteiger partial charge is 0.367 e. The van der Waals surface area contributed by atoms with Crippen molar-refractivity contribution in [2.24, 2.45) is 5.92 Å². The van der Waals surface area contributed by atoms with E-state index in [0.717, 1.165) is 12.8 Å². The molecule has 2 bridgehead atoms. The van der Waals surface area contributed by atoms with Gasteiger partial charge in [0.2, 0.25) is 0 Å². The van der Waals surface area contributed by atoms with Gasteiger partial charge in [0.1, 0.15) is 0 Å². The molecule has 23 heavy (non-hydrogen) atoms. The first kappa shape index (κ1) is 14.6. The zero-order valence-corrected chi connectivity index (χ0v) is 13.5. The lowest BCUT2D eigenvalue weighted by Gasteiger charge is -2.51. The molecule has 4 aliphatic rings. The fourth-order valence-corrected chi connectivity index (χ4v) is 4.76. The highest BCUT2D eigenvalue weighted by Crippen LogP contribution is 2.60. The molecule has 4 fully saturated rings. The molecule has 4 atom stereocenters. The second-order valence-corrected chi connectivity index (χ2v) is 7.62. The van der Waals surface area contributed by atoms with E-state index in [1.807, 2.05) is 4.90 Å². The van der Waals surface area contributed by atoms with E-state index in [9.17, 15) is 14.9 Å². The standard InChI is InChI=1S/C17H20N2O4/c1-16(2)12-8-9-17(3,23-16)14-13(12)18(14)15(20)10-4-6-11(7-5-10)19(21)22/h4-7,12-14H,8-9H2,1-3H3. The number of non-ortho nitro benzene ring substituents is 1. The number of nitro benzene ring substituents is 1. The molecular formula is C17H20N2O4. The van der Waals surface area contributed by atoms with E-state index < -0.39 is 4.92 Å². The Morgan fingerprint density at radius 1 is 1.30 bits per heavy atom. The van der Waals surface area contributed by atoms with Crippen LogP contribution in [0.15, 0.2) is 24.3 Å². The molecule has 3 aliphatic heterocycles. The molecule has 0 aromatic heterocycles. The van der Waals surface area contributed by atoms with E-state index in [0.29, 0.717) is 11.5 Å². The molecule has 1 saturated carbocycles. The number of hydrogen-bond donors (Lipinski definition) is 0. The number of ether oxygens (including phenoxy) is 1.